The first-order chi connectivity index (χ1) is 8.06. The maximum Gasteiger partial charge on any atom is 0.0449 e. The fourth-order valence-corrected chi connectivity index (χ4v) is 2.34. The highest BCUT2D eigenvalue weighted by molar-refractivity contribution is 14.1. The number of nitrogens with two attached hydrogens (primary N) is 2. The van der Waals surface area contributed by atoms with E-state index in [1.54, 1.807) is 0 Å². The van der Waals surface area contributed by atoms with Crippen LogP contribution in [0.25, 0.3) is 0 Å². The first kappa shape index (κ1) is 12.2. The summed E-state index contributed by atoms with van der Waals surface area (Å²) in [6.45, 7) is 2.03. The van der Waals surface area contributed by atoms with Crippen molar-refractivity contribution in [2.75, 3.05) is 11.5 Å². The number of hydrogen-bond acceptors (Lipinski definition) is 2. The third-order valence-electron chi connectivity index (χ3n) is 2.81. The van der Waals surface area contributed by atoms with Crippen LogP contribution >= 0.6 is 22.6 Å². The van der Waals surface area contributed by atoms with Gasteiger partial charge in [0.05, 0.1) is 0 Å². The average Bonchev–Trinajstić information content (AvgIpc) is 2.29. The lowest BCUT2D eigenvalue weighted by Gasteiger charge is -2.07. The number of aryl methyl sites for hydroxylation is 1. The molecule has 0 bridgehead atoms. The minimum absolute atomic E-state index is 0.836. The van der Waals surface area contributed by atoms with Crippen molar-refractivity contribution in [3.63, 3.8) is 0 Å². The van der Waals surface area contributed by atoms with Crippen molar-refractivity contribution in [1.82, 2.24) is 0 Å². The van der Waals surface area contributed by atoms with E-state index in [1.165, 1.54) is 11.1 Å². The molecule has 0 aliphatic heterocycles. The molecule has 2 rings (SSSR count). The van der Waals surface area contributed by atoms with Crippen molar-refractivity contribution in [3.05, 3.63) is 56.7 Å². The van der Waals surface area contributed by atoms with Gasteiger partial charge in [0.2, 0.25) is 0 Å². The van der Waals surface area contributed by atoms with Gasteiger partial charge in [0, 0.05) is 14.9 Å². The molecular formula is C14H15IN2. The summed E-state index contributed by atoms with van der Waals surface area (Å²) in [6, 6.07) is 12.3. The molecule has 0 unspecified atom stereocenters. The molecule has 0 spiro atoms. The van der Waals surface area contributed by atoms with Crippen molar-refractivity contribution in [2.24, 2.45) is 0 Å². The quantitative estimate of drug-likeness (QED) is 0.652. The van der Waals surface area contributed by atoms with E-state index < -0.39 is 0 Å². The Morgan fingerprint density at radius 2 is 1.53 bits per heavy atom. The molecule has 0 atom stereocenters. The molecule has 2 nitrogen and oxygen atoms in total. The van der Waals surface area contributed by atoms with Crippen molar-refractivity contribution < 1.29 is 0 Å². The monoisotopic (exact) mass is 338 g/mol. The van der Waals surface area contributed by atoms with Crippen LogP contribution in [0, 0.1) is 10.5 Å². The van der Waals surface area contributed by atoms with Crippen molar-refractivity contribution in [2.45, 2.75) is 13.3 Å². The van der Waals surface area contributed by atoms with Crippen LogP contribution in [0.2, 0.25) is 0 Å². The fraction of sp³-hybridized carbons (Fsp3) is 0.143. The Balaban J connectivity index is 2.25. The van der Waals surface area contributed by atoms with Crippen LogP contribution in [-0.4, -0.2) is 0 Å². The highest BCUT2D eigenvalue weighted by Gasteiger charge is 2.01. The molecule has 17 heavy (non-hydrogen) atoms. The zero-order valence-electron chi connectivity index (χ0n) is 9.70. The van der Waals surface area contributed by atoms with Gasteiger partial charge in [-0.3, -0.25) is 0 Å². The lowest BCUT2D eigenvalue weighted by atomic mass is 10.0. The third kappa shape index (κ3) is 2.91. The molecule has 88 valence electrons. The highest BCUT2D eigenvalue weighted by atomic mass is 127. The van der Waals surface area contributed by atoms with Crippen LogP contribution in [0.15, 0.2) is 36.4 Å². The van der Waals surface area contributed by atoms with Crippen molar-refractivity contribution >= 4 is 34.0 Å². The molecule has 0 heterocycles. The topological polar surface area (TPSA) is 52.0 Å². The molecule has 0 aromatic heterocycles. The van der Waals surface area contributed by atoms with Crippen LogP contribution in [0.1, 0.15) is 16.7 Å². The second-order valence-electron chi connectivity index (χ2n) is 4.22. The van der Waals surface area contributed by atoms with E-state index in [1.807, 2.05) is 19.1 Å². The molecule has 2 aromatic carbocycles. The molecular weight excluding hydrogens is 323 g/mol. The van der Waals surface area contributed by atoms with E-state index in [9.17, 15) is 0 Å². The Bertz CT molecular complexity index is 500. The van der Waals surface area contributed by atoms with Gasteiger partial charge in [0.15, 0.2) is 0 Å². The molecule has 0 saturated carbocycles. The largest absolute Gasteiger partial charge is 0.399 e. The van der Waals surface area contributed by atoms with E-state index >= 15 is 0 Å². The van der Waals surface area contributed by atoms with Crippen LogP contribution < -0.4 is 11.5 Å². The van der Waals surface area contributed by atoms with Gasteiger partial charge in [-0.05, 0) is 70.8 Å². The predicted molar refractivity (Wildman–Crippen MR) is 82.0 cm³/mol. The Morgan fingerprint density at radius 3 is 2.12 bits per heavy atom. The summed E-state index contributed by atoms with van der Waals surface area (Å²) in [5, 5.41) is 0. The van der Waals surface area contributed by atoms with Crippen LogP contribution in [-0.2, 0) is 6.42 Å². The van der Waals surface area contributed by atoms with Gasteiger partial charge in [-0.1, -0.05) is 18.2 Å². The molecule has 3 heteroatoms. The normalized spacial score (nSPS) is 10.5. The Hall–Kier alpha value is -1.23. The van der Waals surface area contributed by atoms with E-state index in [0.717, 1.165) is 26.9 Å². The lowest BCUT2D eigenvalue weighted by molar-refractivity contribution is 1.18. The number of hydrogen-bond donors (Lipinski definition) is 2. The maximum atomic E-state index is 5.81. The molecule has 0 aliphatic carbocycles. The Morgan fingerprint density at radius 1 is 0.941 bits per heavy atom. The maximum absolute atomic E-state index is 5.81. The fourth-order valence-electron chi connectivity index (χ4n) is 1.76. The zero-order chi connectivity index (χ0) is 12.4. The zero-order valence-corrected chi connectivity index (χ0v) is 11.9. The van der Waals surface area contributed by atoms with Gasteiger partial charge in [-0.15, -0.1) is 0 Å². The van der Waals surface area contributed by atoms with Gasteiger partial charge in [0.1, 0.15) is 0 Å². The summed E-state index contributed by atoms with van der Waals surface area (Å²) >= 11 is 2.26. The minimum atomic E-state index is 0.836. The predicted octanol–water partition coefficient (Wildman–Crippen LogP) is 3.35. The third-order valence-corrected chi connectivity index (χ3v) is 3.74. The number of anilines is 2. The number of halogens is 1. The van der Waals surface area contributed by atoms with Crippen LogP contribution in [0.4, 0.5) is 11.4 Å². The summed E-state index contributed by atoms with van der Waals surface area (Å²) in [5.41, 5.74) is 17.0. The van der Waals surface area contributed by atoms with Crippen LogP contribution in [0.3, 0.4) is 0 Å². The second-order valence-corrected chi connectivity index (χ2v) is 5.39. The number of benzene rings is 2. The summed E-state index contributed by atoms with van der Waals surface area (Å²) in [5.74, 6) is 0. The van der Waals surface area contributed by atoms with E-state index in [2.05, 4.69) is 46.9 Å². The first-order valence-corrected chi connectivity index (χ1v) is 6.53. The number of rotatable bonds is 2. The smallest absolute Gasteiger partial charge is 0.0449 e. The summed E-state index contributed by atoms with van der Waals surface area (Å²) in [7, 11) is 0. The molecule has 2 aromatic rings. The SMILES string of the molecule is Cc1cc(Cc2ccc(N)c(I)c2)ccc1N. The van der Waals surface area contributed by atoms with Gasteiger partial charge in [-0.2, -0.15) is 0 Å². The van der Waals surface area contributed by atoms with Crippen LogP contribution in [0.5, 0.6) is 0 Å². The molecule has 0 radical (unpaired) electrons. The van der Waals surface area contributed by atoms with Crippen molar-refractivity contribution in [3.8, 4) is 0 Å². The van der Waals surface area contributed by atoms with Gasteiger partial charge >= 0.3 is 0 Å². The first-order valence-electron chi connectivity index (χ1n) is 5.45. The number of nitrogen functional groups attached to an aromatic ring is 2. The van der Waals surface area contributed by atoms with Gasteiger partial charge in [0.25, 0.3) is 0 Å². The molecule has 0 saturated heterocycles. The highest BCUT2D eigenvalue weighted by Crippen LogP contribution is 2.20. The van der Waals surface area contributed by atoms with E-state index in [-0.39, 0.29) is 0 Å². The minimum Gasteiger partial charge on any atom is -0.399 e. The standard InChI is InChI=1S/C14H15IN2/c1-9-6-10(2-4-13(9)16)7-11-3-5-14(17)12(15)8-11/h2-6,8H,7,16-17H2,1H3. The molecule has 0 fully saturated rings. The Labute approximate surface area is 115 Å². The average molecular weight is 338 g/mol. The summed E-state index contributed by atoms with van der Waals surface area (Å²) in [4.78, 5) is 0. The molecule has 4 N–H and O–H groups in total. The lowest BCUT2D eigenvalue weighted by Crippen LogP contribution is -1.95. The summed E-state index contributed by atoms with van der Waals surface area (Å²) in [6.07, 6.45) is 0.914. The van der Waals surface area contributed by atoms with E-state index in [4.69, 9.17) is 11.5 Å². The summed E-state index contributed by atoms with van der Waals surface area (Å²) < 4.78 is 1.10. The van der Waals surface area contributed by atoms with E-state index in [0.29, 0.717) is 0 Å². The molecule has 0 amide bonds. The van der Waals surface area contributed by atoms with Gasteiger partial charge < -0.3 is 11.5 Å². The Kier molecular flexibility index (Phi) is 3.57. The molecule has 0 aliphatic rings. The van der Waals surface area contributed by atoms with Gasteiger partial charge in [-0.25, -0.2) is 0 Å². The van der Waals surface area contributed by atoms with Crippen molar-refractivity contribution in [1.29, 1.82) is 0 Å². The second kappa shape index (κ2) is 4.96.